The molecule has 0 radical (unpaired) electrons. The molecule has 1 atom stereocenters. The Kier molecular flexibility index (Phi) is 3.34. The average Bonchev–Trinajstić information content (AvgIpc) is 2.29. The molecule has 1 heterocycles. The molecule has 0 aliphatic carbocycles. The Hall–Kier alpha value is -1.22. The lowest BCUT2D eigenvalue weighted by atomic mass is 10.1. The van der Waals surface area contributed by atoms with Gasteiger partial charge >= 0.3 is 0 Å². The maximum Gasteiger partial charge on any atom is 0.169 e. The molecule has 3 heteroatoms. The normalized spacial score (nSPS) is 20.5. The van der Waals surface area contributed by atoms with Crippen molar-refractivity contribution in [3.63, 3.8) is 0 Å². The van der Waals surface area contributed by atoms with Crippen LogP contribution in [0.5, 0.6) is 0 Å². The molecule has 84 valence electrons. The predicted octanol–water partition coefficient (Wildman–Crippen LogP) is 3.31. The van der Waals surface area contributed by atoms with Gasteiger partial charge in [-0.25, -0.2) is 0 Å². The quantitative estimate of drug-likeness (QED) is 0.785. The standard InChI is InChI=1S/C13H14O2S/c1-9(14)13-10(2)15-12(8-16-13)11-6-4-3-5-7-11/h3-7,12H,8H2,1-2H3. The summed E-state index contributed by atoms with van der Waals surface area (Å²) in [6.45, 7) is 3.44. The van der Waals surface area contributed by atoms with E-state index in [2.05, 4.69) is 12.1 Å². The Morgan fingerprint density at radius 3 is 2.62 bits per heavy atom. The number of ether oxygens (including phenoxy) is 1. The molecule has 1 aromatic rings. The lowest BCUT2D eigenvalue weighted by Gasteiger charge is -2.25. The van der Waals surface area contributed by atoms with Crippen molar-refractivity contribution in [2.24, 2.45) is 0 Å². The van der Waals surface area contributed by atoms with E-state index in [4.69, 9.17) is 4.74 Å². The Balaban J connectivity index is 2.18. The second-order valence-electron chi connectivity index (χ2n) is 3.77. The summed E-state index contributed by atoms with van der Waals surface area (Å²) in [7, 11) is 0. The van der Waals surface area contributed by atoms with Gasteiger partial charge in [0.15, 0.2) is 5.78 Å². The van der Waals surface area contributed by atoms with Crippen LogP contribution >= 0.6 is 11.8 Å². The Morgan fingerprint density at radius 1 is 1.38 bits per heavy atom. The molecule has 1 unspecified atom stereocenters. The van der Waals surface area contributed by atoms with Gasteiger partial charge in [0.1, 0.15) is 11.9 Å². The van der Waals surface area contributed by atoms with Crippen molar-refractivity contribution in [2.45, 2.75) is 20.0 Å². The molecule has 0 saturated heterocycles. The second kappa shape index (κ2) is 4.74. The number of ketones is 1. The van der Waals surface area contributed by atoms with Crippen molar-refractivity contribution in [2.75, 3.05) is 5.75 Å². The smallest absolute Gasteiger partial charge is 0.169 e. The molecule has 0 fully saturated rings. The van der Waals surface area contributed by atoms with Crippen LogP contribution < -0.4 is 0 Å². The molecule has 0 spiro atoms. The fraction of sp³-hybridized carbons (Fsp3) is 0.308. The van der Waals surface area contributed by atoms with E-state index in [1.54, 1.807) is 18.7 Å². The van der Waals surface area contributed by atoms with E-state index >= 15 is 0 Å². The molecule has 16 heavy (non-hydrogen) atoms. The predicted molar refractivity (Wildman–Crippen MR) is 66.1 cm³/mol. The first-order chi connectivity index (χ1) is 7.68. The number of carbonyl (C=O) groups excluding carboxylic acids is 1. The molecule has 0 bridgehead atoms. The summed E-state index contributed by atoms with van der Waals surface area (Å²) >= 11 is 1.59. The molecule has 0 amide bonds. The summed E-state index contributed by atoms with van der Waals surface area (Å²) in [4.78, 5) is 12.1. The van der Waals surface area contributed by atoms with Gasteiger partial charge in [-0.15, -0.1) is 11.8 Å². The maximum atomic E-state index is 11.3. The lowest BCUT2D eigenvalue weighted by molar-refractivity contribution is -0.113. The minimum Gasteiger partial charge on any atom is -0.488 e. The fourth-order valence-electron chi connectivity index (χ4n) is 1.74. The van der Waals surface area contributed by atoms with Crippen molar-refractivity contribution < 1.29 is 9.53 Å². The maximum absolute atomic E-state index is 11.3. The van der Waals surface area contributed by atoms with E-state index in [1.165, 1.54) is 0 Å². The highest BCUT2D eigenvalue weighted by Gasteiger charge is 2.23. The molecular formula is C13H14O2S. The van der Waals surface area contributed by atoms with E-state index in [0.717, 1.165) is 22.0 Å². The van der Waals surface area contributed by atoms with E-state index in [1.807, 2.05) is 25.1 Å². The molecule has 2 rings (SSSR count). The third-order valence-electron chi connectivity index (χ3n) is 2.51. The number of carbonyl (C=O) groups is 1. The summed E-state index contributed by atoms with van der Waals surface area (Å²) in [5, 5.41) is 0. The number of benzene rings is 1. The number of hydrogen-bond acceptors (Lipinski definition) is 3. The van der Waals surface area contributed by atoms with Gasteiger partial charge in [0, 0.05) is 5.75 Å². The number of Topliss-reactive ketones (excluding diaryl/α,β-unsaturated/α-hetero) is 1. The molecule has 0 saturated carbocycles. The van der Waals surface area contributed by atoms with Gasteiger partial charge in [-0.3, -0.25) is 4.79 Å². The minimum absolute atomic E-state index is 0.0642. The zero-order valence-corrected chi connectivity index (χ0v) is 10.2. The molecule has 1 aliphatic heterocycles. The van der Waals surface area contributed by atoms with Crippen LogP contribution in [0.2, 0.25) is 0 Å². The SMILES string of the molecule is CC(=O)C1=C(C)OC(c2ccccc2)CS1. The van der Waals surface area contributed by atoms with Crippen LogP contribution in [-0.4, -0.2) is 11.5 Å². The van der Waals surface area contributed by atoms with Gasteiger partial charge in [0.05, 0.1) is 4.91 Å². The third-order valence-corrected chi connectivity index (χ3v) is 3.84. The van der Waals surface area contributed by atoms with Gasteiger partial charge in [-0.2, -0.15) is 0 Å². The first-order valence-corrected chi connectivity index (χ1v) is 6.23. The molecule has 2 nitrogen and oxygen atoms in total. The van der Waals surface area contributed by atoms with Crippen LogP contribution in [0.15, 0.2) is 41.0 Å². The van der Waals surface area contributed by atoms with Gasteiger partial charge < -0.3 is 4.74 Å². The largest absolute Gasteiger partial charge is 0.488 e. The lowest BCUT2D eigenvalue weighted by Crippen LogP contribution is -2.14. The van der Waals surface area contributed by atoms with E-state index in [-0.39, 0.29) is 11.9 Å². The van der Waals surface area contributed by atoms with E-state index in [0.29, 0.717) is 0 Å². The molecule has 1 aliphatic rings. The summed E-state index contributed by atoms with van der Waals surface area (Å²) < 4.78 is 5.78. The van der Waals surface area contributed by atoms with Crippen molar-refractivity contribution in [3.05, 3.63) is 46.6 Å². The van der Waals surface area contributed by atoms with Crippen LogP contribution in [0, 0.1) is 0 Å². The number of thioether (sulfide) groups is 1. The zero-order valence-electron chi connectivity index (χ0n) is 9.40. The number of hydrogen-bond donors (Lipinski definition) is 0. The first-order valence-electron chi connectivity index (χ1n) is 5.24. The van der Waals surface area contributed by atoms with Gasteiger partial charge in [0.2, 0.25) is 0 Å². The zero-order chi connectivity index (χ0) is 11.5. The third kappa shape index (κ3) is 2.30. The molecular weight excluding hydrogens is 220 g/mol. The Bertz CT molecular complexity index is 423. The molecule has 0 aromatic heterocycles. The van der Waals surface area contributed by atoms with Gasteiger partial charge in [-0.05, 0) is 19.4 Å². The monoisotopic (exact) mass is 234 g/mol. The Morgan fingerprint density at radius 2 is 2.06 bits per heavy atom. The Labute approximate surface area is 99.7 Å². The van der Waals surface area contributed by atoms with Crippen LogP contribution in [0.3, 0.4) is 0 Å². The van der Waals surface area contributed by atoms with Gasteiger partial charge in [0.25, 0.3) is 0 Å². The minimum atomic E-state index is 0.0642. The number of allylic oxidation sites excluding steroid dienone is 2. The van der Waals surface area contributed by atoms with Crippen LogP contribution in [-0.2, 0) is 9.53 Å². The number of rotatable bonds is 2. The topological polar surface area (TPSA) is 26.3 Å². The molecule has 1 aromatic carbocycles. The van der Waals surface area contributed by atoms with Crippen LogP contribution in [0.1, 0.15) is 25.5 Å². The van der Waals surface area contributed by atoms with Crippen LogP contribution in [0.4, 0.5) is 0 Å². The molecule has 0 N–H and O–H groups in total. The van der Waals surface area contributed by atoms with Gasteiger partial charge in [-0.1, -0.05) is 30.3 Å². The first kappa shape index (κ1) is 11.3. The van der Waals surface area contributed by atoms with Crippen molar-refractivity contribution in [1.82, 2.24) is 0 Å². The van der Waals surface area contributed by atoms with Crippen molar-refractivity contribution >= 4 is 17.5 Å². The van der Waals surface area contributed by atoms with E-state index in [9.17, 15) is 4.79 Å². The second-order valence-corrected chi connectivity index (χ2v) is 4.80. The van der Waals surface area contributed by atoms with Crippen molar-refractivity contribution in [3.8, 4) is 0 Å². The highest BCUT2D eigenvalue weighted by atomic mass is 32.2. The highest BCUT2D eigenvalue weighted by molar-refractivity contribution is 8.04. The van der Waals surface area contributed by atoms with Crippen LogP contribution in [0.25, 0.3) is 0 Å². The highest BCUT2D eigenvalue weighted by Crippen LogP contribution is 2.36. The summed E-state index contributed by atoms with van der Waals surface area (Å²) in [5.74, 6) is 1.64. The fourth-order valence-corrected chi connectivity index (χ4v) is 2.78. The van der Waals surface area contributed by atoms with Crippen molar-refractivity contribution in [1.29, 1.82) is 0 Å². The average molecular weight is 234 g/mol. The summed E-state index contributed by atoms with van der Waals surface area (Å²) in [6, 6.07) is 10.1. The summed E-state index contributed by atoms with van der Waals surface area (Å²) in [6.07, 6.45) is 0.0642. The summed E-state index contributed by atoms with van der Waals surface area (Å²) in [5.41, 5.74) is 1.16. The van der Waals surface area contributed by atoms with E-state index < -0.39 is 0 Å².